The number of nitrogens with one attached hydrogen (secondary N) is 1. The number of sulfonamides is 1. The molecule has 0 radical (unpaired) electrons. The second-order valence-corrected chi connectivity index (χ2v) is 6.12. The third-order valence-electron chi connectivity index (χ3n) is 2.68. The fourth-order valence-corrected chi connectivity index (χ4v) is 2.97. The number of benzene rings is 1. The van der Waals surface area contributed by atoms with Crippen LogP contribution in [-0.2, 0) is 17.1 Å². The Morgan fingerprint density at radius 3 is 2.81 bits per heavy atom. The molecule has 0 saturated carbocycles. The molecule has 1 aromatic carbocycles. The van der Waals surface area contributed by atoms with Crippen LogP contribution in [0.25, 0.3) is 0 Å². The number of aryl methyl sites for hydroxylation is 2. The number of rotatable bonds is 3. The molecule has 0 aliphatic carbocycles. The van der Waals surface area contributed by atoms with Gasteiger partial charge in [-0.3, -0.25) is 9.40 Å². The molecule has 0 spiro atoms. The Morgan fingerprint density at radius 1 is 1.43 bits per heavy atom. The lowest BCUT2D eigenvalue weighted by molar-refractivity contribution is 0.350. The van der Waals surface area contributed by atoms with Crippen LogP contribution in [0.3, 0.4) is 0 Å². The summed E-state index contributed by atoms with van der Waals surface area (Å²) in [5.74, 6) is 5.13. The topological polar surface area (TPSA) is 84.2 Å². The van der Waals surface area contributed by atoms with E-state index in [0.29, 0.717) is 11.3 Å². The number of anilines is 1. The minimum absolute atomic E-state index is 0.0675. The van der Waals surface area contributed by atoms with Gasteiger partial charge >= 0.3 is 0 Å². The van der Waals surface area contributed by atoms with Crippen molar-refractivity contribution in [2.45, 2.75) is 11.8 Å². The summed E-state index contributed by atoms with van der Waals surface area (Å²) in [6.45, 7) is 1.51. The normalized spacial score (nSPS) is 10.8. The summed E-state index contributed by atoms with van der Waals surface area (Å²) in [6, 6.07) is 4.86. The van der Waals surface area contributed by atoms with Crippen molar-refractivity contribution in [3.05, 3.63) is 41.7 Å². The van der Waals surface area contributed by atoms with Crippen LogP contribution in [-0.4, -0.2) is 29.9 Å². The van der Waals surface area contributed by atoms with Gasteiger partial charge in [0.05, 0.1) is 11.9 Å². The Hall–Kier alpha value is -2.30. The molecule has 110 valence electrons. The van der Waals surface area contributed by atoms with Crippen LogP contribution >= 0.6 is 0 Å². The molecule has 0 aliphatic rings. The highest BCUT2D eigenvalue weighted by Crippen LogP contribution is 2.20. The molecule has 0 aliphatic heterocycles. The van der Waals surface area contributed by atoms with Crippen LogP contribution in [0.2, 0.25) is 0 Å². The number of aliphatic hydroxyl groups excluding tert-OH is 1. The van der Waals surface area contributed by atoms with Crippen molar-refractivity contribution in [1.29, 1.82) is 0 Å². The van der Waals surface area contributed by atoms with Crippen LogP contribution in [0.5, 0.6) is 0 Å². The SMILES string of the molecule is Cc1ccc(S(=O)(=O)Nc2cnn(C)c2)c(C#CCO)c1. The molecule has 7 heteroatoms. The molecule has 0 saturated heterocycles. The van der Waals surface area contributed by atoms with E-state index in [0.717, 1.165) is 5.56 Å². The van der Waals surface area contributed by atoms with Crippen molar-refractivity contribution >= 4 is 15.7 Å². The first-order valence-electron chi connectivity index (χ1n) is 6.14. The maximum absolute atomic E-state index is 12.4. The van der Waals surface area contributed by atoms with Gasteiger partial charge in [-0.1, -0.05) is 17.9 Å². The average Bonchev–Trinajstić information content (AvgIpc) is 2.80. The second kappa shape index (κ2) is 5.99. The third-order valence-corrected chi connectivity index (χ3v) is 4.12. The van der Waals surface area contributed by atoms with Gasteiger partial charge in [-0.2, -0.15) is 5.10 Å². The molecule has 2 rings (SSSR count). The van der Waals surface area contributed by atoms with Crippen LogP contribution in [0.15, 0.2) is 35.5 Å². The Labute approximate surface area is 123 Å². The average molecular weight is 305 g/mol. The zero-order valence-corrected chi connectivity index (χ0v) is 12.5. The Kier molecular flexibility index (Phi) is 4.31. The fourth-order valence-electron chi connectivity index (χ4n) is 1.79. The highest BCUT2D eigenvalue weighted by molar-refractivity contribution is 7.92. The largest absolute Gasteiger partial charge is 0.384 e. The first-order valence-corrected chi connectivity index (χ1v) is 7.62. The first-order chi connectivity index (χ1) is 9.92. The van der Waals surface area contributed by atoms with Gasteiger partial charge < -0.3 is 5.11 Å². The minimum atomic E-state index is -3.77. The van der Waals surface area contributed by atoms with E-state index >= 15 is 0 Å². The molecule has 0 amide bonds. The summed E-state index contributed by atoms with van der Waals surface area (Å²) >= 11 is 0. The summed E-state index contributed by atoms with van der Waals surface area (Å²) < 4.78 is 28.8. The van der Waals surface area contributed by atoms with Gasteiger partial charge in [0.2, 0.25) is 0 Å². The van der Waals surface area contributed by atoms with E-state index in [1.807, 2.05) is 6.92 Å². The number of hydrogen-bond donors (Lipinski definition) is 2. The maximum Gasteiger partial charge on any atom is 0.263 e. The summed E-state index contributed by atoms with van der Waals surface area (Å²) in [5.41, 5.74) is 1.61. The summed E-state index contributed by atoms with van der Waals surface area (Å²) in [5, 5.41) is 12.7. The predicted octanol–water partition coefficient (Wildman–Crippen LogP) is 0.873. The Morgan fingerprint density at radius 2 is 2.19 bits per heavy atom. The van der Waals surface area contributed by atoms with Gasteiger partial charge in [-0.15, -0.1) is 0 Å². The van der Waals surface area contributed by atoms with Crippen molar-refractivity contribution < 1.29 is 13.5 Å². The van der Waals surface area contributed by atoms with Crippen molar-refractivity contribution in [1.82, 2.24) is 9.78 Å². The molecule has 2 N–H and O–H groups in total. The van der Waals surface area contributed by atoms with Gasteiger partial charge in [0, 0.05) is 18.8 Å². The first kappa shape index (κ1) is 15.1. The summed E-state index contributed by atoms with van der Waals surface area (Å²) in [7, 11) is -2.07. The third kappa shape index (κ3) is 3.62. The fraction of sp³-hybridized carbons (Fsp3) is 0.214. The molecule has 0 fully saturated rings. The lowest BCUT2D eigenvalue weighted by Crippen LogP contribution is -2.14. The highest BCUT2D eigenvalue weighted by Gasteiger charge is 2.18. The molecule has 1 heterocycles. The molecule has 0 unspecified atom stereocenters. The van der Waals surface area contributed by atoms with E-state index in [9.17, 15) is 8.42 Å². The van der Waals surface area contributed by atoms with Crippen molar-refractivity contribution in [3.63, 3.8) is 0 Å². The van der Waals surface area contributed by atoms with Gasteiger partial charge in [-0.25, -0.2) is 8.42 Å². The van der Waals surface area contributed by atoms with E-state index < -0.39 is 10.0 Å². The number of aliphatic hydroxyl groups is 1. The summed E-state index contributed by atoms with van der Waals surface area (Å²) in [4.78, 5) is 0.0675. The van der Waals surface area contributed by atoms with Crippen molar-refractivity contribution in [3.8, 4) is 11.8 Å². The number of nitrogens with zero attached hydrogens (tertiary/aromatic N) is 2. The molecule has 1 aromatic heterocycles. The quantitative estimate of drug-likeness (QED) is 0.824. The van der Waals surface area contributed by atoms with E-state index in [1.54, 1.807) is 25.4 Å². The van der Waals surface area contributed by atoms with E-state index in [2.05, 4.69) is 21.7 Å². The molecule has 0 bridgehead atoms. The van der Waals surface area contributed by atoms with E-state index in [1.165, 1.54) is 16.9 Å². The van der Waals surface area contributed by atoms with Gasteiger partial charge in [0.1, 0.15) is 11.5 Å². The van der Waals surface area contributed by atoms with Crippen LogP contribution in [0.4, 0.5) is 5.69 Å². The van der Waals surface area contributed by atoms with Gasteiger partial charge in [0.15, 0.2) is 0 Å². The second-order valence-electron chi connectivity index (χ2n) is 4.47. The van der Waals surface area contributed by atoms with Crippen LogP contribution in [0, 0.1) is 18.8 Å². The van der Waals surface area contributed by atoms with Crippen molar-refractivity contribution in [2.24, 2.45) is 7.05 Å². The van der Waals surface area contributed by atoms with Gasteiger partial charge in [0.25, 0.3) is 10.0 Å². The number of aromatic nitrogens is 2. The molecular weight excluding hydrogens is 290 g/mol. The van der Waals surface area contributed by atoms with E-state index in [-0.39, 0.29) is 11.5 Å². The molecule has 21 heavy (non-hydrogen) atoms. The summed E-state index contributed by atoms with van der Waals surface area (Å²) in [6.07, 6.45) is 2.98. The Bertz CT molecular complexity index is 813. The standard InChI is InChI=1S/C14H15N3O3S/c1-11-5-6-14(12(8-11)4-3-7-18)21(19,20)16-13-9-15-17(2)10-13/h5-6,8-10,16,18H,7H2,1-2H3. The highest BCUT2D eigenvalue weighted by atomic mass is 32.2. The Balaban J connectivity index is 2.44. The van der Waals surface area contributed by atoms with E-state index in [4.69, 9.17) is 5.11 Å². The predicted molar refractivity (Wildman–Crippen MR) is 79.2 cm³/mol. The lowest BCUT2D eigenvalue weighted by Gasteiger charge is -2.08. The van der Waals surface area contributed by atoms with Crippen LogP contribution in [0.1, 0.15) is 11.1 Å². The van der Waals surface area contributed by atoms with Crippen LogP contribution < -0.4 is 4.72 Å². The zero-order valence-electron chi connectivity index (χ0n) is 11.7. The molecular formula is C14H15N3O3S. The molecule has 0 atom stereocenters. The lowest BCUT2D eigenvalue weighted by atomic mass is 10.1. The van der Waals surface area contributed by atoms with Crippen molar-refractivity contribution in [2.75, 3.05) is 11.3 Å². The molecule has 6 nitrogen and oxygen atoms in total. The number of hydrogen-bond acceptors (Lipinski definition) is 4. The smallest absolute Gasteiger partial charge is 0.263 e. The zero-order chi connectivity index (χ0) is 15.5. The van der Waals surface area contributed by atoms with Gasteiger partial charge in [-0.05, 0) is 24.6 Å². The maximum atomic E-state index is 12.4. The monoisotopic (exact) mass is 305 g/mol. The molecule has 2 aromatic rings. The minimum Gasteiger partial charge on any atom is -0.384 e.